The first-order valence-electron chi connectivity index (χ1n) is 6.48. The topological polar surface area (TPSA) is 65.1 Å². The van der Waals surface area contributed by atoms with E-state index in [1.54, 1.807) is 13.2 Å². The number of methoxy groups -OCH3 is 1. The van der Waals surface area contributed by atoms with Gasteiger partial charge in [-0.25, -0.2) is 0 Å². The number of hydrazine groups is 1. The number of ether oxygens (including phenoxy) is 1. The SMILES string of the molecule is CCn1cc(CC(NN)c2ccc(Cl)cc2OC)cn1. The van der Waals surface area contributed by atoms with Crippen molar-refractivity contribution in [1.29, 1.82) is 0 Å². The minimum atomic E-state index is -0.0586. The molecule has 2 rings (SSSR count). The fraction of sp³-hybridized carbons (Fsp3) is 0.357. The largest absolute Gasteiger partial charge is 0.496 e. The maximum absolute atomic E-state index is 5.98. The molecule has 1 aromatic heterocycles. The van der Waals surface area contributed by atoms with E-state index < -0.39 is 0 Å². The number of aromatic nitrogens is 2. The lowest BCUT2D eigenvalue weighted by molar-refractivity contribution is 0.399. The highest BCUT2D eigenvalue weighted by molar-refractivity contribution is 6.30. The smallest absolute Gasteiger partial charge is 0.125 e. The van der Waals surface area contributed by atoms with Gasteiger partial charge in [0.15, 0.2) is 0 Å². The molecule has 0 fully saturated rings. The molecule has 0 aliphatic carbocycles. The predicted octanol–water partition coefficient (Wildman–Crippen LogP) is 2.31. The number of aryl methyl sites for hydroxylation is 1. The second-order valence-electron chi connectivity index (χ2n) is 4.51. The molecular formula is C14H19ClN4O. The normalized spacial score (nSPS) is 12.4. The first kappa shape index (κ1) is 14.8. The van der Waals surface area contributed by atoms with E-state index in [0.717, 1.165) is 29.8 Å². The van der Waals surface area contributed by atoms with Gasteiger partial charge in [-0.15, -0.1) is 0 Å². The number of benzene rings is 1. The standard InChI is InChI=1S/C14H19ClN4O/c1-3-19-9-10(8-17-19)6-13(18-16)12-5-4-11(15)7-14(12)20-2/h4-5,7-9,13,18H,3,6,16H2,1-2H3. The van der Waals surface area contributed by atoms with Gasteiger partial charge in [0.1, 0.15) is 5.75 Å². The average molecular weight is 295 g/mol. The van der Waals surface area contributed by atoms with Crippen LogP contribution in [0.25, 0.3) is 0 Å². The third-order valence-corrected chi connectivity index (χ3v) is 3.46. The lowest BCUT2D eigenvalue weighted by Crippen LogP contribution is -2.29. The van der Waals surface area contributed by atoms with Crippen LogP contribution in [-0.2, 0) is 13.0 Å². The van der Waals surface area contributed by atoms with Crippen LogP contribution in [0.3, 0.4) is 0 Å². The van der Waals surface area contributed by atoms with Crippen molar-refractivity contribution in [2.24, 2.45) is 5.84 Å². The molecule has 0 saturated carbocycles. The van der Waals surface area contributed by atoms with Crippen molar-refractivity contribution in [1.82, 2.24) is 15.2 Å². The second-order valence-corrected chi connectivity index (χ2v) is 4.95. The molecule has 0 aliphatic heterocycles. The Morgan fingerprint density at radius 2 is 2.30 bits per heavy atom. The molecule has 108 valence electrons. The van der Waals surface area contributed by atoms with Crippen LogP contribution in [-0.4, -0.2) is 16.9 Å². The Morgan fingerprint density at radius 3 is 2.90 bits per heavy atom. The summed E-state index contributed by atoms with van der Waals surface area (Å²) in [6.07, 6.45) is 4.61. The minimum Gasteiger partial charge on any atom is -0.496 e. The van der Waals surface area contributed by atoms with Crippen molar-refractivity contribution >= 4 is 11.6 Å². The van der Waals surface area contributed by atoms with Crippen LogP contribution in [0.1, 0.15) is 24.1 Å². The van der Waals surface area contributed by atoms with E-state index >= 15 is 0 Å². The first-order valence-corrected chi connectivity index (χ1v) is 6.86. The third-order valence-electron chi connectivity index (χ3n) is 3.22. The molecule has 0 radical (unpaired) electrons. The van der Waals surface area contributed by atoms with Crippen LogP contribution in [0.5, 0.6) is 5.75 Å². The fourth-order valence-corrected chi connectivity index (χ4v) is 2.31. The summed E-state index contributed by atoms with van der Waals surface area (Å²) in [5.41, 5.74) is 4.92. The lowest BCUT2D eigenvalue weighted by atomic mass is 10.0. The minimum absolute atomic E-state index is 0.0586. The number of halogens is 1. The molecule has 2 aromatic rings. The van der Waals surface area contributed by atoms with Crippen LogP contribution in [0.4, 0.5) is 0 Å². The van der Waals surface area contributed by atoms with Gasteiger partial charge >= 0.3 is 0 Å². The number of nitrogens with zero attached hydrogens (tertiary/aromatic N) is 2. The number of nitrogens with one attached hydrogen (secondary N) is 1. The summed E-state index contributed by atoms with van der Waals surface area (Å²) < 4.78 is 7.26. The average Bonchev–Trinajstić information content (AvgIpc) is 2.92. The van der Waals surface area contributed by atoms with Gasteiger partial charge in [0, 0.05) is 23.3 Å². The highest BCUT2D eigenvalue weighted by Crippen LogP contribution is 2.29. The number of hydrogen-bond acceptors (Lipinski definition) is 4. The lowest BCUT2D eigenvalue weighted by Gasteiger charge is -2.18. The van der Waals surface area contributed by atoms with E-state index in [-0.39, 0.29) is 6.04 Å². The fourth-order valence-electron chi connectivity index (χ4n) is 2.15. The van der Waals surface area contributed by atoms with Crippen LogP contribution in [0, 0.1) is 0 Å². The molecule has 1 unspecified atom stereocenters. The Balaban J connectivity index is 2.23. The molecule has 0 saturated heterocycles. The van der Waals surface area contributed by atoms with Crippen molar-refractivity contribution in [3.05, 3.63) is 46.7 Å². The van der Waals surface area contributed by atoms with Gasteiger partial charge in [-0.1, -0.05) is 17.7 Å². The summed E-state index contributed by atoms with van der Waals surface area (Å²) in [4.78, 5) is 0. The second kappa shape index (κ2) is 6.74. The van der Waals surface area contributed by atoms with E-state index in [1.807, 2.05) is 29.2 Å². The van der Waals surface area contributed by atoms with Gasteiger partial charge in [0.25, 0.3) is 0 Å². The molecule has 1 atom stereocenters. The Hall–Kier alpha value is -1.56. The van der Waals surface area contributed by atoms with E-state index in [2.05, 4.69) is 17.4 Å². The quantitative estimate of drug-likeness (QED) is 0.634. The Bertz CT molecular complexity index is 570. The molecule has 5 nitrogen and oxygen atoms in total. The summed E-state index contributed by atoms with van der Waals surface area (Å²) in [7, 11) is 1.62. The van der Waals surface area contributed by atoms with Crippen molar-refractivity contribution in [2.75, 3.05) is 7.11 Å². The summed E-state index contributed by atoms with van der Waals surface area (Å²) >= 11 is 5.98. The summed E-state index contributed by atoms with van der Waals surface area (Å²) in [6, 6.07) is 5.49. The van der Waals surface area contributed by atoms with Crippen LogP contribution < -0.4 is 16.0 Å². The monoisotopic (exact) mass is 294 g/mol. The van der Waals surface area contributed by atoms with Crippen molar-refractivity contribution < 1.29 is 4.74 Å². The zero-order valence-electron chi connectivity index (χ0n) is 11.6. The van der Waals surface area contributed by atoms with Gasteiger partial charge in [-0.3, -0.25) is 16.0 Å². The van der Waals surface area contributed by atoms with Crippen LogP contribution in [0.15, 0.2) is 30.6 Å². The number of rotatable bonds is 6. The zero-order chi connectivity index (χ0) is 14.5. The van der Waals surface area contributed by atoms with E-state index in [1.165, 1.54) is 0 Å². The molecule has 0 bridgehead atoms. The molecule has 6 heteroatoms. The van der Waals surface area contributed by atoms with E-state index in [4.69, 9.17) is 22.2 Å². The number of nitrogens with two attached hydrogens (primary N) is 1. The molecule has 1 heterocycles. The highest BCUT2D eigenvalue weighted by atomic mass is 35.5. The highest BCUT2D eigenvalue weighted by Gasteiger charge is 2.16. The maximum Gasteiger partial charge on any atom is 0.125 e. The summed E-state index contributed by atoms with van der Waals surface area (Å²) in [6.45, 7) is 2.91. The number of hydrogen-bond donors (Lipinski definition) is 2. The molecule has 0 spiro atoms. The van der Waals surface area contributed by atoms with Crippen molar-refractivity contribution in [3.8, 4) is 5.75 Å². The Labute approximate surface area is 123 Å². The van der Waals surface area contributed by atoms with Crippen LogP contribution in [0.2, 0.25) is 5.02 Å². The molecule has 1 aromatic carbocycles. The van der Waals surface area contributed by atoms with Gasteiger partial charge in [0.05, 0.1) is 19.3 Å². The predicted molar refractivity (Wildman–Crippen MR) is 79.7 cm³/mol. The van der Waals surface area contributed by atoms with Crippen molar-refractivity contribution in [3.63, 3.8) is 0 Å². The summed E-state index contributed by atoms with van der Waals surface area (Å²) in [5.74, 6) is 6.41. The first-order chi connectivity index (χ1) is 9.67. The molecule has 20 heavy (non-hydrogen) atoms. The van der Waals surface area contributed by atoms with Gasteiger partial charge in [-0.05, 0) is 31.0 Å². The Kier molecular flexibility index (Phi) is 5.00. The molecule has 3 N–H and O–H groups in total. The van der Waals surface area contributed by atoms with E-state index in [0.29, 0.717) is 5.02 Å². The molecule has 0 aliphatic rings. The van der Waals surface area contributed by atoms with E-state index in [9.17, 15) is 0 Å². The molecular weight excluding hydrogens is 276 g/mol. The molecule has 0 amide bonds. The van der Waals surface area contributed by atoms with Crippen LogP contribution >= 0.6 is 11.6 Å². The van der Waals surface area contributed by atoms with Crippen molar-refractivity contribution in [2.45, 2.75) is 25.9 Å². The third kappa shape index (κ3) is 3.30. The van der Waals surface area contributed by atoms with Gasteiger partial charge in [0.2, 0.25) is 0 Å². The zero-order valence-corrected chi connectivity index (χ0v) is 12.4. The van der Waals surface area contributed by atoms with Gasteiger partial charge < -0.3 is 4.74 Å². The van der Waals surface area contributed by atoms with Gasteiger partial charge in [-0.2, -0.15) is 5.10 Å². The maximum atomic E-state index is 5.98. The summed E-state index contributed by atoms with van der Waals surface area (Å²) in [5, 5.41) is 4.91. The Morgan fingerprint density at radius 1 is 1.50 bits per heavy atom.